The Morgan fingerprint density at radius 1 is 0.759 bits per heavy atom. The Balaban J connectivity index is 1.59. The lowest BCUT2D eigenvalue weighted by Crippen LogP contribution is -2.18. The van der Waals surface area contributed by atoms with E-state index in [2.05, 4.69) is 79.1 Å². The normalized spacial score (nSPS) is 22.9. The number of benzene rings is 2. The summed E-state index contributed by atoms with van der Waals surface area (Å²) in [5, 5.41) is 0.698. The summed E-state index contributed by atoms with van der Waals surface area (Å²) in [7, 11) is -1.19. The van der Waals surface area contributed by atoms with Gasteiger partial charge in [0.25, 0.3) is 0 Å². The summed E-state index contributed by atoms with van der Waals surface area (Å²) < 4.78 is 37.6. The molecular weight excluding hydrogens is 389 g/mol. The van der Waals surface area contributed by atoms with Crippen molar-refractivity contribution >= 4 is 22.2 Å². The summed E-state index contributed by atoms with van der Waals surface area (Å²) >= 11 is 0. The van der Waals surface area contributed by atoms with E-state index in [1.807, 2.05) is 0 Å². The molecule has 0 spiro atoms. The molecule has 0 amide bonds. The van der Waals surface area contributed by atoms with Gasteiger partial charge in [0, 0.05) is 16.9 Å². The van der Waals surface area contributed by atoms with Crippen LogP contribution < -0.4 is 0 Å². The van der Waals surface area contributed by atoms with E-state index in [1.54, 1.807) is 0 Å². The van der Waals surface area contributed by atoms with Crippen LogP contribution in [0, 0.1) is 0 Å². The molecule has 0 saturated carbocycles. The predicted octanol–water partition coefficient (Wildman–Crippen LogP) is 8.08. The number of fused-ring (bicyclic) bond motifs is 2. The minimum atomic E-state index is -4.05. The van der Waals surface area contributed by atoms with Gasteiger partial charge in [-0.3, -0.25) is 0 Å². The highest BCUT2D eigenvalue weighted by Crippen LogP contribution is 2.71. The van der Waals surface area contributed by atoms with E-state index in [1.165, 1.54) is 22.3 Å². The molecule has 2 aromatic rings. The SMILES string of the molecule is CS(CCCCCC(F)(F)F)(C1C=Cc2ccccc21)C1C=Cc2ccccc21. The lowest BCUT2D eigenvalue weighted by atomic mass is 10.1. The first kappa shape index (κ1) is 20.3. The Bertz CT molecular complexity index is 864. The molecule has 2 unspecified atom stereocenters. The largest absolute Gasteiger partial charge is 0.389 e. The maximum absolute atomic E-state index is 12.5. The van der Waals surface area contributed by atoms with Crippen LogP contribution in [-0.4, -0.2) is 18.2 Å². The molecule has 0 fully saturated rings. The van der Waals surface area contributed by atoms with Gasteiger partial charge in [0.2, 0.25) is 0 Å². The smallest absolute Gasteiger partial charge is 0.223 e. The molecule has 154 valence electrons. The van der Waals surface area contributed by atoms with Crippen molar-refractivity contribution in [2.24, 2.45) is 0 Å². The first-order valence-electron chi connectivity index (χ1n) is 10.2. The van der Waals surface area contributed by atoms with E-state index in [4.69, 9.17) is 0 Å². The van der Waals surface area contributed by atoms with Crippen molar-refractivity contribution in [2.45, 2.75) is 42.4 Å². The predicted molar refractivity (Wildman–Crippen MR) is 119 cm³/mol. The van der Waals surface area contributed by atoms with E-state index >= 15 is 0 Å². The minimum absolute atomic E-state index is 0.229. The van der Waals surface area contributed by atoms with E-state index in [-0.39, 0.29) is 6.42 Å². The van der Waals surface area contributed by atoms with E-state index < -0.39 is 22.6 Å². The number of halogens is 3. The second kappa shape index (κ2) is 8.06. The molecule has 0 bridgehead atoms. The zero-order valence-electron chi connectivity index (χ0n) is 16.7. The first-order chi connectivity index (χ1) is 13.9. The van der Waals surface area contributed by atoms with Crippen LogP contribution in [0.15, 0.2) is 60.7 Å². The molecule has 0 saturated heterocycles. The first-order valence-corrected chi connectivity index (χ1v) is 12.6. The number of alkyl halides is 3. The molecular formula is C25H27F3S. The Kier molecular flexibility index (Phi) is 5.65. The fourth-order valence-electron chi connectivity index (χ4n) is 4.70. The number of unbranched alkanes of at least 4 members (excludes halogenated alkanes) is 2. The van der Waals surface area contributed by atoms with E-state index in [0.717, 1.165) is 12.2 Å². The summed E-state index contributed by atoms with van der Waals surface area (Å²) in [5.41, 5.74) is 5.31. The monoisotopic (exact) mass is 416 g/mol. The van der Waals surface area contributed by atoms with Crippen molar-refractivity contribution in [2.75, 3.05) is 12.0 Å². The third-order valence-electron chi connectivity index (χ3n) is 6.21. The number of hydrogen-bond acceptors (Lipinski definition) is 0. The maximum atomic E-state index is 12.5. The molecule has 0 aromatic heterocycles. The van der Waals surface area contributed by atoms with Crippen LogP contribution in [0.3, 0.4) is 0 Å². The summed E-state index contributed by atoms with van der Waals surface area (Å²) in [6.45, 7) is 0. The maximum Gasteiger partial charge on any atom is 0.389 e. The third-order valence-corrected chi connectivity index (χ3v) is 10.5. The molecule has 0 nitrogen and oxygen atoms in total. The van der Waals surface area contributed by atoms with Gasteiger partial charge in [0.05, 0.1) is 0 Å². The average Bonchev–Trinajstić information content (AvgIpc) is 3.31. The summed E-state index contributed by atoms with van der Waals surface area (Å²) in [6, 6.07) is 17.1. The van der Waals surface area contributed by atoms with Gasteiger partial charge in [-0.25, -0.2) is 10.0 Å². The highest BCUT2D eigenvalue weighted by molar-refractivity contribution is 8.33. The van der Waals surface area contributed by atoms with Crippen LogP contribution in [0.2, 0.25) is 0 Å². The van der Waals surface area contributed by atoms with E-state index in [9.17, 15) is 13.2 Å². The van der Waals surface area contributed by atoms with Gasteiger partial charge in [-0.05, 0) is 47.1 Å². The summed E-state index contributed by atoms with van der Waals surface area (Å²) in [6.07, 6.45) is 8.53. The fourth-order valence-corrected chi connectivity index (χ4v) is 8.81. The lowest BCUT2D eigenvalue weighted by molar-refractivity contribution is -0.135. The van der Waals surface area contributed by atoms with Crippen molar-refractivity contribution < 1.29 is 13.2 Å². The van der Waals surface area contributed by atoms with Crippen molar-refractivity contribution in [3.63, 3.8) is 0 Å². The quantitative estimate of drug-likeness (QED) is 0.400. The Morgan fingerprint density at radius 3 is 1.79 bits per heavy atom. The van der Waals surface area contributed by atoms with E-state index in [0.29, 0.717) is 16.9 Å². The molecule has 2 aliphatic carbocycles. The second-order valence-corrected chi connectivity index (χ2v) is 12.1. The summed E-state index contributed by atoms with van der Waals surface area (Å²) in [4.78, 5) is 0. The van der Waals surface area contributed by atoms with Gasteiger partial charge in [-0.1, -0.05) is 79.3 Å². The zero-order chi connectivity index (χ0) is 20.5. The fraction of sp³-hybridized carbons (Fsp3) is 0.360. The van der Waals surface area contributed by atoms with Crippen LogP contribution in [0.1, 0.15) is 58.4 Å². The Morgan fingerprint density at radius 2 is 1.28 bits per heavy atom. The van der Waals surface area contributed by atoms with Crippen LogP contribution in [-0.2, 0) is 0 Å². The molecule has 0 N–H and O–H groups in total. The van der Waals surface area contributed by atoms with Gasteiger partial charge < -0.3 is 0 Å². The molecule has 29 heavy (non-hydrogen) atoms. The van der Waals surface area contributed by atoms with Crippen molar-refractivity contribution in [3.05, 3.63) is 82.9 Å². The molecule has 0 radical (unpaired) electrons. The topological polar surface area (TPSA) is 0 Å². The van der Waals surface area contributed by atoms with Crippen LogP contribution in [0.5, 0.6) is 0 Å². The van der Waals surface area contributed by atoms with Crippen molar-refractivity contribution in [3.8, 4) is 0 Å². The average molecular weight is 417 g/mol. The van der Waals surface area contributed by atoms with Crippen LogP contribution in [0.4, 0.5) is 13.2 Å². The van der Waals surface area contributed by atoms with Gasteiger partial charge in [0.1, 0.15) is 0 Å². The number of hydrogen-bond donors (Lipinski definition) is 0. The molecule has 4 rings (SSSR count). The Labute approximate surface area is 172 Å². The van der Waals surface area contributed by atoms with Gasteiger partial charge in [-0.15, -0.1) is 0 Å². The molecule has 2 atom stereocenters. The molecule has 0 heterocycles. The second-order valence-electron chi connectivity index (χ2n) is 8.18. The molecule has 0 aliphatic heterocycles. The summed E-state index contributed by atoms with van der Waals surface area (Å²) in [5.74, 6) is 0.984. The third kappa shape index (κ3) is 4.18. The molecule has 2 aromatic carbocycles. The minimum Gasteiger partial charge on any atom is -0.223 e. The van der Waals surface area contributed by atoms with Crippen molar-refractivity contribution in [1.82, 2.24) is 0 Å². The highest BCUT2D eigenvalue weighted by atomic mass is 32.3. The Hall–Kier alpha value is -1.94. The highest BCUT2D eigenvalue weighted by Gasteiger charge is 2.39. The molecule has 4 heteroatoms. The van der Waals surface area contributed by atoms with Crippen LogP contribution >= 0.6 is 10.0 Å². The van der Waals surface area contributed by atoms with Crippen LogP contribution in [0.25, 0.3) is 12.2 Å². The van der Waals surface area contributed by atoms with Gasteiger partial charge in [-0.2, -0.15) is 13.2 Å². The van der Waals surface area contributed by atoms with Gasteiger partial charge >= 0.3 is 6.18 Å². The zero-order valence-corrected chi connectivity index (χ0v) is 17.5. The van der Waals surface area contributed by atoms with Crippen molar-refractivity contribution in [1.29, 1.82) is 0 Å². The standard InChI is InChI=1S/C25H27F3S/c1-29(18-8-2-7-17-25(26,27)28,23-15-13-19-9-3-5-11-21(19)23)24-16-14-20-10-4-6-12-22(20)24/h3-6,9-16,23-24H,2,7-8,17-18H2,1H3. The molecule has 2 aliphatic rings. The van der Waals surface area contributed by atoms with Gasteiger partial charge in [0.15, 0.2) is 0 Å². The lowest BCUT2D eigenvalue weighted by Gasteiger charge is -2.47. The number of rotatable bonds is 7.